The molecule has 0 aliphatic carbocycles. The molecule has 0 saturated heterocycles. The number of nitrogens with one attached hydrogen (secondary N) is 1. The van der Waals surface area contributed by atoms with Crippen molar-refractivity contribution in [3.63, 3.8) is 0 Å². The molecule has 0 radical (unpaired) electrons. The first-order chi connectivity index (χ1) is 10.5. The molecule has 1 N–H and O–H groups in total. The van der Waals surface area contributed by atoms with Crippen molar-refractivity contribution in [1.29, 1.82) is 0 Å². The molecule has 6 nitrogen and oxygen atoms in total. The van der Waals surface area contributed by atoms with Gasteiger partial charge in [0.2, 0.25) is 5.78 Å². The standard InChI is InChI=1S/C16H22N6/c1-11-6-18-21(8-11)9-13(3)17-7-15-10-22-14(4)5-12(2)19-16(22)20-15/h5-6,8,10,13,17H,7,9H2,1-4H3. The van der Waals surface area contributed by atoms with Gasteiger partial charge in [-0.25, -0.2) is 9.97 Å². The summed E-state index contributed by atoms with van der Waals surface area (Å²) in [6.45, 7) is 9.84. The van der Waals surface area contributed by atoms with Crippen molar-refractivity contribution in [1.82, 2.24) is 29.5 Å². The van der Waals surface area contributed by atoms with Gasteiger partial charge < -0.3 is 5.32 Å². The zero-order valence-electron chi connectivity index (χ0n) is 13.5. The third-order valence-electron chi connectivity index (χ3n) is 3.67. The fraction of sp³-hybridized carbons (Fsp3) is 0.438. The van der Waals surface area contributed by atoms with E-state index in [4.69, 9.17) is 0 Å². The Kier molecular flexibility index (Phi) is 3.94. The van der Waals surface area contributed by atoms with Crippen molar-refractivity contribution < 1.29 is 0 Å². The van der Waals surface area contributed by atoms with Gasteiger partial charge in [-0.05, 0) is 39.3 Å². The largest absolute Gasteiger partial charge is 0.307 e. The molecule has 22 heavy (non-hydrogen) atoms. The Morgan fingerprint density at radius 1 is 1.18 bits per heavy atom. The van der Waals surface area contributed by atoms with Crippen LogP contribution in [0.2, 0.25) is 0 Å². The highest BCUT2D eigenvalue weighted by atomic mass is 15.3. The van der Waals surface area contributed by atoms with Crippen LogP contribution in [0.25, 0.3) is 5.78 Å². The number of imidazole rings is 1. The van der Waals surface area contributed by atoms with Gasteiger partial charge in [0.1, 0.15) is 0 Å². The van der Waals surface area contributed by atoms with Crippen LogP contribution in [-0.2, 0) is 13.1 Å². The molecule has 1 unspecified atom stereocenters. The maximum atomic E-state index is 4.58. The second kappa shape index (κ2) is 5.88. The van der Waals surface area contributed by atoms with E-state index in [-0.39, 0.29) is 0 Å². The smallest absolute Gasteiger partial charge is 0.234 e. The number of rotatable bonds is 5. The van der Waals surface area contributed by atoms with Crippen LogP contribution in [-0.4, -0.2) is 30.2 Å². The number of aryl methyl sites for hydroxylation is 3. The van der Waals surface area contributed by atoms with E-state index in [1.807, 2.05) is 22.2 Å². The fourth-order valence-corrected chi connectivity index (χ4v) is 2.59. The molecular formula is C16H22N6. The zero-order chi connectivity index (χ0) is 15.7. The Balaban J connectivity index is 1.64. The summed E-state index contributed by atoms with van der Waals surface area (Å²) in [6.07, 6.45) is 5.99. The minimum absolute atomic E-state index is 0.319. The van der Waals surface area contributed by atoms with Crippen molar-refractivity contribution in [2.45, 2.75) is 46.8 Å². The Labute approximate surface area is 130 Å². The third-order valence-corrected chi connectivity index (χ3v) is 3.67. The molecule has 0 spiro atoms. The Morgan fingerprint density at radius 2 is 2.00 bits per heavy atom. The molecule has 116 valence electrons. The van der Waals surface area contributed by atoms with E-state index in [0.29, 0.717) is 6.04 Å². The SMILES string of the molecule is Cc1cnn(CC(C)NCc2cn3c(C)cc(C)nc3n2)c1. The Bertz CT molecular complexity index is 785. The van der Waals surface area contributed by atoms with Crippen molar-refractivity contribution in [2.75, 3.05) is 0 Å². The lowest BCUT2D eigenvalue weighted by Crippen LogP contribution is -2.30. The topological polar surface area (TPSA) is 60.0 Å². The van der Waals surface area contributed by atoms with E-state index in [1.165, 1.54) is 5.56 Å². The van der Waals surface area contributed by atoms with Gasteiger partial charge in [0.15, 0.2) is 0 Å². The van der Waals surface area contributed by atoms with E-state index in [1.54, 1.807) is 0 Å². The lowest BCUT2D eigenvalue weighted by atomic mass is 10.3. The fourth-order valence-electron chi connectivity index (χ4n) is 2.59. The number of aromatic nitrogens is 5. The van der Waals surface area contributed by atoms with Crippen LogP contribution in [0.5, 0.6) is 0 Å². The summed E-state index contributed by atoms with van der Waals surface area (Å²) in [6, 6.07) is 2.38. The van der Waals surface area contributed by atoms with E-state index in [9.17, 15) is 0 Å². The highest BCUT2D eigenvalue weighted by Gasteiger charge is 2.08. The monoisotopic (exact) mass is 298 g/mol. The molecule has 0 amide bonds. The van der Waals surface area contributed by atoms with Crippen molar-refractivity contribution in [3.05, 3.63) is 47.3 Å². The summed E-state index contributed by atoms with van der Waals surface area (Å²) < 4.78 is 4.00. The van der Waals surface area contributed by atoms with Gasteiger partial charge in [0, 0.05) is 36.4 Å². The van der Waals surface area contributed by atoms with Crippen LogP contribution < -0.4 is 5.32 Å². The predicted octanol–water partition coefficient (Wildman–Crippen LogP) is 2.03. The molecule has 1 atom stereocenters. The molecule has 6 heteroatoms. The predicted molar refractivity (Wildman–Crippen MR) is 85.7 cm³/mol. The number of hydrogen-bond donors (Lipinski definition) is 1. The maximum absolute atomic E-state index is 4.58. The summed E-state index contributed by atoms with van der Waals surface area (Å²) in [4.78, 5) is 9.05. The van der Waals surface area contributed by atoms with Crippen LogP contribution in [0.3, 0.4) is 0 Å². The average Bonchev–Trinajstić information content (AvgIpc) is 3.03. The molecule has 0 aliphatic rings. The zero-order valence-corrected chi connectivity index (χ0v) is 13.5. The molecule has 3 aromatic heterocycles. The molecule has 3 heterocycles. The van der Waals surface area contributed by atoms with Crippen molar-refractivity contribution in [3.8, 4) is 0 Å². The number of hydrogen-bond acceptors (Lipinski definition) is 4. The highest BCUT2D eigenvalue weighted by Crippen LogP contribution is 2.08. The summed E-state index contributed by atoms with van der Waals surface area (Å²) in [5.74, 6) is 0.768. The van der Waals surface area contributed by atoms with Gasteiger partial charge in [-0.2, -0.15) is 5.10 Å². The lowest BCUT2D eigenvalue weighted by Gasteiger charge is -2.12. The lowest BCUT2D eigenvalue weighted by molar-refractivity contribution is 0.449. The minimum atomic E-state index is 0.319. The second-order valence-corrected chi connectivity index (χ2v) is 5.96. The van der Waals surface area contributed by atoms with Gasteiger partial charge in [-0.3, -0.25) is 9.08 Å². The van der Waals surface area contributed by atoms with E-state index in [2.05, 4.69) is 59.6 Å². The molecule has 3 rings (SSSR count). The summed E-state index contributed by atoms with van der Waals surface area (Å²) >= 11 is 0. The van der Waals surface area contributed by atoms with Crippen LogP contribution in [0.15, 0.2) is 24.7 Å². The minimum Gasteiger partial charge on any atom is -0.307 e. The van der Waals surface area contributed by atoms with Crippen LogP contribution in [0, 0.1) is 20.8 Å². The molecular weight excluding hydrogens is 276 g/mol. The van der Waals surface area contributed by atoms with Crippen LogP contribution >= 0.6 is 0 Å². The highest BCUT2D eigenvalue weighted by molar-refractivity contribution is 5.34. The van der Waals surface area contributed by atoms with Crippen molar-refractivity contribution >= 4 is 5.78 Å². The Hall–Kier alpha value is -2.21. The van der Waals surface area contributed by atoms with E-state index >= 15 is 0 Å². The van der Waals surface area contributed by atoms with Gasteiger partial charge in [0.05, 0.1) is 18.4 Å². The average molecular weight is 298 g/mol. The van der Waals surface area contributed by atoms with Crippen molar-refractivity contribution in [2.24, 2.45) is 0 Å². The van der Waals surface area contributed by atoms with Crippen LogP contribution in [0.1, 0.15) is 29.6 Å². The molecule has 0 aliphatic heterocycles. The van der Waals surface area contributed by atoms with Gasteiger partial charge >= 0.3 is 0 Å². The number of nitrogens with zero attached hydrogens (tertiary/aromatic N) is 5. The molecule has 0 aromatic carbocycles. The number of fused-ring (bicyclic) bond motifs is 1. The van der Waals surface area contributed by atoms with Gasteiger partial charge in [-0.15, -0.1) is 0 Å². The first-order valence-electron chi connectivity index (χ1n) is 7.56. The molecule has 0 bridgehead atoms. The van der Waals surface area contributed by atoms with Gasteiger partial charge in [-0.1, -0.05) is 0 Å². The second-order valence-electron chi connectivity index (χ2n) is 5.96. The molecule has 0 saturated carbocycles. The summed E-state index contributed by atoms with van der Waals surface area (Å²) in [7, 11) is 0. The summed E-state index contributed by atoms with van der Waals surface area (Å²) in [5.41, 5.74) is 4.34. The normalized spacial score (nSPS) is 12.9. The van der Waals surface area contributed by atoms with Gasteiger partial charge in [0.25, 0.3) is 0 Å². The first-order valence-corrected chi connectivity index (χ1v) is 7.56. The van der Waals surface area contributed by atoms with E-state index in [0.717, 1.165) is 35.9 Å². The first kappa shape index (κ1) is 14.7. The quantitative estimate of drug-likeness (QED) is 0.783. The summed E-state index contributed by atoms with van der Waals surface area (Å²) in [5, 5.41) is 7.80. The Morgan fingerprint density at radius 3 is 2.73 bits per heavy atom. The molecule has 3 aromatic rings. The third kappa shape index (κ3) is 3.17. The maximum Gasteiger partial charge on any atom is 0.234 e. The van der Waals surface area contributed by atoms with Crippen LogP contribution in [0.4, 0.5) is 0 Å². The molecule has 0 fully saturated rings. The van der Waals surface area contributed by atoms with E-state index < -0.39 is 0 Å².